The minimum Gasteiger partial charge on any atom is -0.506 e. The number of carbonyl (C=O) groups is 1. The van der Waals surface area contributed by atoms with E-state index in [1.807, 2.05) is 29.6 Å². The van der Waals surface area contributed by atoms with Gasteiger partial charge >= 0.3 is 5.97 Å². The van der Waals surface area contributed by atoms with Gasteiger partial charge in [-0.15, -0.1) is 11.3 Å². The number of H-pyrrole nitrogens is 1. The molecule has 2 aromatic heterocycles. The fourth-order valence-corrected chi connectivity index (χ4v) is 7.40. The first-order valence-electron chi connectivity index (χ1n) is 17.3. The number of hydrogen-bond acceptors (Lipinski definition) is 9. The van der Waals surface area contributed by atoms with Crippen molar-refractivity contribution in [1.29, 1.82) is 0 Å². The molecule has 0 saturated carbocycles. The van der Waals surface area contributed by atoms with E-state index in [4.69, 9.17) is 4.74 Å². The van der Waals surface area contributed by atoms with Gasteiger partial charge in [0.2, 0.25) is 11.2 Å². The normalized spacial score (nSPS) is 16.1. The van der Waals surface area contributed by atoms with Gasteiger partial charge in [0.15, 0.2) is 0 Å². The molecule has 0 radical (unpaired) electrons. The lowest BCUT2D eigenvalue weighted by molar-refractivity contribution is -0.163. The summed E-state index contributed by atoms with van der Waals surface area (Å²) in [6, 6.07) is 18.9. The highest BCUT2D eigenvalue weighted by Crippen LogP contribution is 2.34. The van der Waals surface area contributed by atoms with E-state index < -0.39 is 17.7 Å². The van der Waals surface area contributed by atoms with E-state index in [0.29, 0.717) is 46.0 Å². The molecule has 0 aliphatic carbocycles. The van der Waals surface area contributed by atoms with Crippen molar-refractivity contribution in [2.24, 2.45) is 5.92 Å². The fourth-order valence-electron chi connectivity index (χ4n) is 6.57. The predicted octanol–water partition coefficient (Wildman–Crippen LogP) is 5.84. The highest BCUT2D eigenvalue weighted by molar-refractivity contribution is 7.10. The van der Waals surface area contributed by atoms with Crippen molar-refractivity contribution in [3.05, 3.63) is 98.5 Å². The third-order valence-electron chi connectivity index (χ3n) is 9.45. The van der Waals surface area contributed by atoms with Crippen molar-refractivity contribution in [3.8, 4) is 5.75 Å². The number of likely N-dealkylation sites (tertiary alicyclic amines) is 1. The van der Waals surface area contributed by atoms with E-state index in [2.05, 4.69) is 15.2 Å². The largest absolute Gasteiger partial charge is 0.506 e. The molecule has 5 rings (SSSR count). The van der Waals surface area contributed by atoms with E-state index in [1.165, 1.54) is 55.6 Å². The van der Waals surface area contributed by atoms with Crippen LogP contribution in [-0.2, 0) is 15.1 Å². The Morgan fingerprint density at radius 2 is 1.69 bits per heavy atom. The van der Waals surface area contributed by atoms with E-state index >= 15 is 0 Å². The first kappa shape index (κ1) is 35.8. The number of aromatic amines is 1. The van der Waals surface area contributed by atoms with Gasteiger partial charge in [0.1, 0.15) is 5.75 Å². The van der Waals surface area contributed by atoms with Crippen LogP contribution in [0.25, 0.3) is 10.9 Å². The van der Waals surface area contributed by atoms with Crippen LogP contribution in [0.4, 0.5) is 0 Å². The number of esters is 1. The maximum absolute atomic E-state index is 13.2. The van der Waals surface area contributed by atoms with Crippen LogP contribution in [0, 0.1) is 5.92 Å². The molecular formula is C38H49N3O6S. The number of fused-ring (bicyclic) bond motifs is 1. The second-order valence-electron chi connectivity index (χ2n) is 12.9. The Morgan fingerprint density at radius 1 is 0.958 bits per heavy atom. The molecule has 5 N–H and O–H groups in total. The number of carbonyl (C=O) groups excluding carboxylic acids is 1. The number of rotatable bonds is 18. The number of hydrogen-bond donors (Lipinski definition) is 5. The summed E-state index contributed by atoms with van der Waals surface area (Å²) in [5.74, 6) is -0.298. The Hall–Kier alpha value is -3.54. The number of aromatic nitrogens is 1. The molecular weight excluding hydrogens is 627 g/mol. The summed E-state index contributed by atoms with van der Waals surface area (Å²) in [6.45, 7) is 4.72. The van der Waals surface area contributed by atoms with Crippen molar-refractivity contribution >= 4 is 28.2 Å². The van der Waals surface area contributed by atoms with Crippen molar-refractivity contribution in [2.45, 2.75) is 69.5 Å². The molecule has 3 heterocycles. The average Bonchev–Trinajstić information content (AvgIpc) is 3.66. The molecule has 2 aromatic carbocycles. The minimum atomic E-state index is -1.78. The van der Waals surface area contributed by atoms with Gasteiger partial charge in [-0.2, -0.15) is 0 Å². The quantitative estimate of drug-likeness (QED) is 0.0656. The first-order valence-corrected chi connectivity index (χ1v) is 18.2. The summed E-state index contributed by atoms with van der Waals surface area (Å²) in [5.41, 5.74) is -0.517. The number of phenolic OH excluding ortho intramolecular Hbond substituents is 1. The van der Waals surface area contributed by atoms with Crippen LogP contribution in [0.2, 0.25) is 0 Å². The summed E-state index contributed by atoms with van der Waals surface area (Å²) in [6.07, 6.45) is 9.57. The molecule has 0 amide bonds. The maximum atomic E-state index is 13.2. The monoisotopic (exact) mass is 675 g/mol. The van der Waals surface area contributed by atoms with Gasteiger partial charge in [-0.1, -0.05) is 74.6 Å². The second kappa shape index (κ2) is 17.7. The van der Waals surface area contributed by atoms with E-state index in [1.54, 1.807) is 30.3 Å². The van der Waals surface area contributed by atoms with Crippen LogP contribution in [-0.4, -0.2) is 70.5 Å². The fraction of sp³-hybridized carbons (Fsp3) is 0.474. The number of piperidine rings is 1. The zero-order valence-corrected chi connectivity index (χ0v) is 28.4. The number of unbranched alkanes of at least 4 members (excludes halogenated alkanes) is 6. The minimum absolute atomic E-state index is 0.00568. The van der Waals surface area contributed by atoms with Gasteiger partial charge in [0.25, 0.3) is 0 Å². The molecule has 0 bridgehead atoms. The lowest BCUT2D eigenvalue weighted by Crippen LogP contribution is -2.40. The Balaban J connectivity index is 0.888. The summed E-state index contributed by atoms with van der Waals surface area (Å²) in [7, 11) is 0. The Bertz CT molecular complexity index is 1620. The van der Waals surface area contributed by atoms with E-state index in [0.717, 1.165) is 51.9 Å². The predicted molar refractivity (Wildman–Crippen MR) is 190 cm³/mol. The number of pyridine rings is 1. The van der Waals surface area contributed by atoms with Crippen LogP contribution >= 0.6 is 11.3 Å². The lowest BCUT2D eigenvalue weighted by Gasteiger charge is -2.32. The van der Waals surface area contributed by atoms with Gasteiger partial charge in [-0.3, -0.25) is 4.79 Å². The molecule has 1 aliphatic heterocycles. The topological polar surface area (TPSA) is 135 Å². The van der Waals surface area contributed by atoms with Gasteiger partial charge in [-0.05, 0) is 86.9 Å². The summed E-state index contributed by atoms with van der Waals surface area (Å²) in [4.78, 5) is 30.6. The molecule has 4 aromatic rings. The maximum Gasteiger partial charge on any atom is 0.348 e. The number of benzene rings is 2. The summed E-state index contributed by atoms with van der Waals surface area (Å²) >= 11 is 1.35. The van der Waals surface area contributed by atoms with Gasteiger partial charge in [0.05, 0.1) is 23.1 Å². The summed E-state index contributed by atoms with van der Waals surface area (Å²) < 4.78 is 5.74. The number of phenols is 1. The van der Waals surface area contributed by atoms with Crippen molar-refractivity contribution in [3.63, 3.8) is 0 Å². The molecule has 1 saturated heterocycles. The molecule has 1 unspecified atom stereocenters. The van der Waals surface area contributed by atoms with Crippen LogP contribution in [0.5, 0.6) is 5.75 Å². The molecule has 2 atom stereocenters. The van der Waals surface area contributed by atoms with Crippen molar-refractivity contribution in [1.82, 2.24) is 15.2 Å². The third kappa shape index (κ3) is 9.33. The SMILES string of the molecule is O=C(OCC1CCN(CCCCCCCCCNC[C@@H](O)c2ccc(O)c3[nH]c(=O)ccc23)CC1)C(O)(c1ccccc1)c1cccs1. The number of nitrogens with zero attached hydrogens (tertiary/aromatic N) is 1. The molecule has 258 valence electrons. The molecule has 1 aliphatic rings. The van der Waals surface area contributed by atoms with Crippen LogP contribution in [0.1, 0.15) is 79.9 Å². The number of aliphatic hydroxyl groups is 2. The van der Waals surface area contributed by atoms with Crippen LogP contribution in [0.15, 0.2) is 76.9 Å². The number of thiophene rings is 1. The molecule has 0 spiro atoms. The third-order valence-corrected chi connectivity index (χ3v) is 10.4. The zero-order chi connectivity index (χ0) is 33.8. The van der Waals surface area contributed by atoms with Crippen molar-refractivity contribution in [2.75, 3.05) is 39.3 Å². The van der Waals surface area contributed by atoms with E-state index in [9.17, 15) is 24.9 Å². The highest BCUT2D eigenvalue weighted by Gasteiger charge is 2.43. The number of ether oxygens (including phenoxy) is 1. The molecule has 10 heteroatoms. The van der Waals surface area contributed by atoms with Gasteiger partial charge in [0, 0.05) is 23.6 Å². The zero-order valence-electron chi connectivity index (χ0n) is 27.6. The highest BCUT2D eigenvalue weighted by atomic mass is 32.1. The van der Waals surface area contributed by atoms with Gasteiger partial charge in [-0.25, -0.2) is 4.79 Å². The van der Waals surface area contributed by atoms with Crippen LogP contribution in [0.3, 0.4) is 0 Å². The lowest BCUT2D eigenvalue weighted by atomic mass is 9.92. The Labute approximate surface area is 286 Å². The van der Waals surface area contributed by atoms with Crippen LogP contribution < -0.4 is 10.9 Å². The first-order chi connectivity index (χ1) is 23.4. The van der Waals surface area contributed by atoms with E-state index in [-0.39, 0.29) is 11.3 Å². The molecule has 1 fully saturated rings. The molecule has 9 nitrogen and oxygen atoms in total. The second-order valence-corrected chi connectivity index (χ2v) is 13.9. The average molecular weight is 676 g/mol. The number of nitrogens with one attached hydrogen (secondary N) is 2. The smallest absolute Gasteiger partial charge is 0.348 e. The summed E-state index contributed by atoms with van der Waals surface area (Å²) in [5, 5.41) is 38.1. The standard InChI is InChI=1S/C38H49N3O6S/c42-32-17-15-30(31-16-18-35(44)40-36(31)32)33(43)26-39-21-9-4-2-1-3-5-10-22-41-23-19-28(20-24-41)27-47-37(45)38(46,34-14-11-25-48-34)29-12-7-6-8-13-29/h6-8,11-18,25,28,33,39,42-43,46H,1-5,9-10,19-24,26-27H2,(H,40,44)/t33-,38?/m1/s1. The molecule has 48 heavy (non-hydrogen) atoms. The number of aromatic hydroxyl groups is 1. The van der Waals surface area contributed by atoms with Crippen molar-refractivity contribution < 1.29 is 24.9 Å². The number of aliphatic hydroxyl groups excluding tert-OH is 1. The Kier molecular flexibility index (Phi) is 13.2. The van der Waals surface area contributed by atoms with Gasteiger partial charge < -0.3 is 35.3 Å². The Morgan fingerprint density at radius 3 is 2.42 bits per heavy atom.